The summed E-state index contributed by atoms with van der Waals surface area (Å²) in [5.74, 6) is 1.91. The van der Waals surface area contributed by atoms with E-state index >= 15 is 0 Å². The molecule has 0 saturated carbocycles. The van der Waals surface area contributed by atoms with Crippen LogP contribution >= 0.6 is 0 Å². The van der Waals surface area contributed by atoms with Gasteiger partial charge >= 0.3 is 0 Å². The van der Waals surface area contributed by atoms with Gasteiger partial charge < -0.3 is 14.3 Å². The van der Waals surface area contributed by atoms with Crippen LogP contribution in [0.25, 0.3) is 0 Å². The van der Waals surface area contributed by atoms with Crippen molar-refractivity contribution < 1.29 is 4.42 Å². The van der Waals surface area contributed by atoms with Crippen molar-refractivity contribution in [1.29, 1.82) is 0 Å². The fourth-order valence-electron chi connectivity index (χ4n) is 1.99. The molecule has 4 heteroatoms. The maximum Gasteiger partial charge on any atom is 0.126 e. The van der Waals surface area contributed by atoms with Gasteiger partial charge in [0.25, 0.3) is 0 Å². The van der Waals surface area contributed by atoms with E-state index in [-0.39, 0.29) is 11.6 Å². The molecular weight excluding hydrogens is 238 g/mol. The molecule has 2 aromatic rings. The third-order valence-electron chi connectivity index (χ3n) is 3.14. The molecule has 0 aliphatic rings. The lowest BCUT2D eigenvalue weighted by Gasteiger charge is -2.22. The SMILES string of the molecule is Cc1ccc(C(C)n2cncc2CNC(C)(C)C)o1. The Morgan fingerprint density at radius 1 is 1.37 bits per heavy atom. The number of rotatable bonds is 4. The summed E-state index contributed by atoms with van der Waals surface area (Å²) in [7, 11) is 0. The van der Waals surface area contributed by atoms with Crippen LogP contribution in [-0.4, -0.2) is 15.1 Å². The average Bonchev–Trinajstić information content (AvgIpc) is 2.93. The van der Waals surface area contributed by atoms with Crippen LogP contribution in [-0.2, 0) is 6.54 Å². The predicted molar refractivity (Wildman–Crippen MR) is 76.1 cm³/mol. The second kappa shape index (κ2) is 5.21. The molecule has 0 amide bonds. The van der Waals surface area contributed by atoms with Crippen LogP contribution in [0.5, 0.6) is 0 Å². The van der Waals surface area contributed by atoms with Gasteiger partial charge in [-0.05, 0) is 46.8 Å². The second-order valence-electron chi connectivity index (χ2n) is 6.02. The van der Waals surface area contributed by atoms with Gasteiger partial charge in [0, 0.05) is 18.3 Å². The molecule has 2 heterocycles. The van der Waals surface area contributed by atoms with E-state index < -0.39 is 0 Å². The van der Waals surface area contributed by atoms with E-state index in [1.165, 1.54) is 0 Å². The van der Waals surface area contributed by atoms with Gasteiger partial charge in [-0.3, -0.25) is 0 Å². The number of hydrogen-bond acceptors (Lipinski definition) is 3. The van der Waals surface area contributed by atoms with Gasteiger partial charge in [-0.15, -0.1) is 0 Å². The topological polar surface area (TPSA) is 43.0 Å². The number of imidazole rings is 1. The third kappa shape index (κ3) is 3.47. The van der Waals surface area contributed by atoms with Gasteiger partial charge in [0.2, 0.25) is 0 Å². The van der Waals surface area contributed by atoms with Crippen LogP contribution in [0.15, 0.2) is 29.1 Å². The number of aryl methyl sites for hydroxylation is 1. The number of furan rings is 1. The summed E-state index contributed by atoms with van der Waals surface area (Å²) in [6.07, 6.45) is 3.77. The fourth-order valence-corrected chi connectivity index (χ4v) is 1.99. The molecule has 0 saturated heterocycles. The van der Waals surface area contributed by atoms with E-state index in [1.807, 2.05) is 31.6 Å². The van der Waals surface area contributed by atoms with E-state index in [1.54, 1.807) is 0 Å². The molecular formula is C15H23N3O. The molecule has 0 spiro atoms. The Morgan fingerprint density at radius 2 is 2.11 bits per heavy atom. The van der Waals surface area contributed by atoms with Crippen molar-refractivity contribution in [2.24, 2.45) is 0 Å². The molecule has 0 aromatic carbocycles. The number of aromatic nitrogens is 2. The Bertz CT molecular complexity index is 534. The van der Waals surface area contributed by atoms with E-state index in [4.69, 9.17) is 4.42 Å². The lowest BCUT2D eigenvalue weighted by molar-refractivity contribution is 0.397. The molecule has 19 heavy (non-hydrogen) atoms. The molecule has 1 N–H and O–H groups in total. The summed E-state index contributed by atoms with van der Waals surface area (Å²) in [6, 6.07) is 4.18. The minimum atomic E-state index is 0.0968. The van der Waals surface area contributed by atoms with E-state index in [9.17, 15) is 0 Å². The molecule has 2 rings (SSSR count). The molecule has 0 aliphatic heterocycles. The summed E-state index contributed by atoms with van der Waals surface area (Å²) in [5.41, 5.74) is 1.26. The lowest BCUT2D eigenvalue weighted by atomic mass is 10.1. The largest absolute Gasteiger partial charge is 0.464 e. The first kappa shape index (κ1) is 13.9. The summed E-state index contributed by atoms with van der Waals surface area (Å²) < 4.78 is 7.85. The number of nitrogens with one attached hydrogen (secondary N) is 1. The van der Waals surface area contributed by atoms with E-state index in [0.717, 1.165) is 23.8 Å². The van der Waals surface area contributed by atoms with Crippen molar-refractivity contribution in [3.05, 3.63) is 41.9 Å². The molecule has 0 radical (unpaired) electrons. The van der Waals surface area contributed by atoms with Crippen molar-refractivity contribution in [2.75, 3.05) is 0 Å². The van der Waals surface area contributed by atoms with Gasteiger partial charge in [0.1, 0.15) is 11.5 Å². The fraction of sp³-hybridized carbons (Fsp3) is 0.533. The van der Waals surface area contributed by atoms with Crippen LogP contribution < -0.4 is 5.32 Å². The Kier molecular flexibility index (Phi) is 3.80. The summed E-state index contributed by atoms with van der Waals surface area (Å²) in [6.45, 7) is 11.4. The average molecular weight is 261 g/mol. The highest BCUT2D eigenvalue weighted by atomic mass is 16.3. The zero-order valence-corrected chi connectivity index (χ0v) is 12.4. The Morgan fingerprint density at radius 3 is 2.68 bits per heavy atom. The highest BCUT2D eigenvalue weighted by molar-refractivity contribution is 5.13. The molecule has 0 bridgehead atoms. The first-order chi connectivity index (χ1) is 8.87. The normalized spacial score (nSPS) is 13.7. The molecule has 0 fully saturated rings. The van der Waals surface area contributed by atoms with Crippen molar-refractivity contribution in [3.8, 4) is 0 Å². The van der Waals surface area contributed by atoms with Gasteiger partial charge in [-0.2, -0.15) is 0 Å². The Hall–Kier alpha value is -1.55. The zero-order chi connectivity index (χ0) is 14.0. The molecule has 2 aromatic heterocycles. The standard InChI is InChI=1S/C15H23N3O/c1-11-6-7-14(19-11)12(2)18-10-16-8-13(18)9-17-15(3,4)5/h6-8,10,12,17H,9H2,1-5H3. The van der Waals surface area contributed by atoms with Crippen molar-refractivity contribution >= 4 is 0 Å². The lowest BCUT2D eigenvalue weighted by Crippen LogP contribution is -2.35. The third-order valence-corrected chi connectivity index (χ3v) is 3.14. The molecule has 1 atom stereocenters. The minimum absolute atomic E-state index is 0.0968. The van der Waals surface area contributed by atoms with Crippen molar-refractivity contribution in [1.82, 2.24) is 14.9 Å². The van der Waals surface area contributed by atoms with Gasteiger partial charge in [-0.1, -0.05) is 0 Å². The van der Waals surface area contributed by atoms with Crippen LogP contribution in [0, 0.1) is 6.92 Å². The number of hydrogen-bond donors (Lipinski definition) is 1. The summed E-state index contributed by atoms with van der Waals surface area (Å²) in [4.78, 5) is 4.26. The quantitative estimate of drug-likeness (QED) is 0.918. The van der Waals surface area contributed by atoms with Gasteiger partial charge in [0.05, 0.1) is 18.1 Å². The minimum Gasteiger partial charge on any atom is -0.464 e. The smallest absolute Gasteiger partial charge is 0.126 e. The molecule has 4 nitrogen and oxygen atoms in total. The van der Waals surface area contributed by atoms with E-state index in [2.05, 4.69) is 42.6 Å². The zero-order valence-electron chi connectivity index (χ0n) is 12.4. The van der Waals surface area contributed by atoms with E-state index in [0.29, 0.717) is 0 Å². The Labute approximate surface area is 114 Å². The van der Waals surface area contributed by atoms with Crippen LogP contribution in [0.2, 0.25) is 0 Å². The molecule has 0 aliphatic carbocycles. The number of nitrogens with zero attached hydrogens (tertiary/aromatic N) is 2. The monoisotopic (exact) mass is 261 g/mol. The van der Waals surface area contributed by atoms with Crippen LogP contribution in [0.4, 0.5) is 0 Å². The Balaban J connectivity index is 2.15. The van der Waals surface area contributed by atoms with Crippen molar-refractivity contribution in [3.63, 3.8) is 0 Å². The highest BCUT2D eigenvalue weighted by Gasteiger charge is 2.16. The first-order valence-electron chi connectivity index (χ1n) is 6.69. The van der Waals surface area contributed by atoms with Gasteiger partial charge in [-0.25, -0.2) is 4.98 Å². The van der Waals surface area contributed by atoms with Crippen molar-refractivity contribution in [2.45, 2.75) is 52.7 Å². The van der Waals surface area contributed by atoms with Gasteiger partial charge in [0.15, 0.2) is 0 Å². The molecule has 104 valence electrons. The summed E-state index contributed by atoms with van der Waals surface area (Å²) >= 11 is 0. The predicted octanol–water partition coefficient (Wildman–Crippen LogP) is 3.28. The maximum atomic E-state index is 5.70. The maximum absolute atomic E-state index is 5.70. The first-order valence-corrected chi connectivity index (χ1v) is 6.69. The highest BCUT2D eigenvalue weighted by Crippen LogP contribution is 2.21. The van der Waals surface area contributed by atoms with Crippen LogP contribution in [0.3, 0.4) is 0 Å². The second-order valence-corrected chi connectivity index (χ2v) is 6.02. The summed E-state index contributed by atoms with van der Waals surface area (Å²) in [5, 5.41) is 3.48. The van der Waals surface area contributed by atoms with Crippen LogP contribution in [0.1, 0.15) is 51.0 Å². The molecule has 1 unspecified atom stereocenters.